The van der Waals surface area contributed by atoms with Crippen molar-refractivity contribution in [2.24, 2.45) is 0 Å². The zero-order valence-corrected chi connectivity index (χ0v) is 12.5. The number of nitriles is 1. The highest BCUT2D eigenvalue weighted by molar-refractivity contribution is 8.00. The minimum absolute atomic E-state index is 0.145. The Bertz CT molecular complexity index is 615. The molecule has 1 aromatic heterocycles. The predicted molar refractivity (Wildman–Crippen MR) is 78.6 cm³/mol. The average molecular weight is 288 g/mol. The number of aromatic nitrogens is 3. The first-order valence-corrected chi connectivity index (χ1v) is 7.21. The van der Waals surface area contributed by atoms with E-state index in [0.717, 1.165) is 28.8 Å². The molecule has 2 rings (SSSR count). The second kappa shape index (κ2) is 6.44. The van der Waals surface area contributed by atoms with E-state index < -0.39 is 0 Å². The third kappa shape index (κ3) is 2.94. The first kappa shape index (κ1) is 14.4. The Hall–Kier alpha value is -2.00. The van der Waals surface area contributed by atoms with Crippen LogP contribution in [0, 0.1) is 11.3 Å². The van der Waals surface area contributed by atoms with Crippen LogP contribution in [0.5, 0.6) is 5.75 Å². The number of ether oxygens (including phenoxy) is 1. The summed E-state index contributed by atoms with van der Waals surface area (Å²) in [5.41, 5.74) is 0.983. The van der Waals surface area contributed by atoms with Crippen molar-refractivity contribution in [1.82, 2.24) is 14.8 Å². The minimum Gasteiger partial charge on any atom is -0.497 e. The molecule has 1 atom stereocenters. The van der Waals surface area contributed by atoms with Gasteiger partial charge in [-0.05, 0) is 38.1 Å². The highest BCUT2D eigenvalue weighted by Crippen LogP contribution is 2.27. The molecule has 0 fully saturated rings. The zero-order chi connectivity index (χ0) is 14.5. The van der Waals surface area contributed by atoms with E-state index in [1.807, 2.05) is 42.7 Å². The van der Waals surface area contributed by atoms with Crippen molar-refractivity contribution >= 4 is 11.8 Å². The van der Waals surface area contributed by atoms with E-state index in [1.165, 1.54) is 11.8 Å². The molecule has 2 aromatic rings. The van der Waals surface area contributed by atoms with Gasteiger partial charge in [-0.15, -0.1) is 10.2 Å². The van der Waals surface area contributed by atoms with Crippen molar-refractivity contribution in [3.63, 3.8) is 0 Å². The van der Waals surface area contributed by atoms with Gasteiger partial charge in [0.2, 0.25) is 0 Å². The Balaban J connectivity index is 2.34. The molecule has 1 unspecified atom stereocenters. The maximum Gasteiger partial charge on any atom is 0.192 e. The van der Waals surface area contributed by atoms with Crippen molar-refractivity contribution < 1.29 is 4.74 Å². The molecule has 0 radical (unpaired) electrons. The van der Waals surface area contributed by atoms with E-state index in [0.29, 0.717) is 0 Å². The molecule has 0 saturated heterocycles. The van der Waals surface area contributed by atoms with Crippen LogP contribution in [-0.2, 0) is 6.54 Å². The molecule has 0 amide bonds. The normalized spacial score (nSPS) is 11.9. The highest BCUT2D eigenvalue weighted by Gasteiger charge is 2.15. The Morgan fingerprint density at radius 1 is 1.35 bits per heavy atom. The number of rotatable bonds is 5. The molecule has 1 heterocycles. The Morgan fingerprint density at radius 2 is 2.05 bits per heavy atom. The van der Waals surface area contributed by atoms with Crippen LogP contribution >= 0.6 is 11.8 Å². The lowest BCUT2D eigenvalue weighted by Gasteiger charge is -2.08. The van der Waals surface area contributed by atoms with Gasteiger partial charge in [0.25, 0.3) is 0 Å². The molecule has 5 nitrogen and oxygen atoms in total. The Kier molecular flexibility index (Phi) is 4.64. The van der Waals surface area contributed by atoms with Gasteiger partial charge in [-0.25, -0.2) is 0 Å². The smallest absolute Gasteiger partial charge is 0.192 e. The maximum absolute atomic E-state index is 8.90. The zero-order valence-electron chi connectivity index (χ0n) is 11.7. The van der Waals surface area contributed by atoms with Gasteiger partial charge in [0, 0.05) is 12.1 Å². The van der Waals surface area contributed by atoms with Gasteiger partial charge in [-0.1, -0.05) is 11.8 Å². The third-order valence-corrected chi connectivity index (χ3v) is 3.82. The summed E-state index contributed by atoms with van der Waals surface area (Å²) in [6, 6.07) is 9.90. The lowest BCUT2D eigenvalue weighted by atomic mass is 10.2. The second-order valence-corrected chi connectivity index (χ2v) is 5.48. The second-order valence-electron chi connectivity index (χ2n) is 4.17. The van der Waals surface area contributed by atoms with Gasteiger partial charge in [0.15, 0.2) is 11.0 Å². The number of benzene rings is 1. The van der Waals surface area contributed by atoms with Crippen LogP contribution in [0.3, 0.4) is 0 Å². The standard InChI is InChI=1S/C14H16N4OS/c1-4-18-13(11-5-7-12(19-3)8-6-11)16-17-14(18)20-10(2)9-15/h5-8,10H,4H2,1-3H3. The van der Waals surface area contributed by atoms with Gasteiger partial charge >= 0.3 is 0 Å². The maximum atomic E-state index is 8.90. The molecular weight excluding hydrogens is 272 g/mol. The summed E-state index contributed by atoms with van der Waals surface area (Å²) >= 11 is 1.42. The van der Waals surface area contributed by atoms with Crippen LogP contribution in [0.2, 0.25) is 0 Å². The van der Waals surface area contributed by atoms with Crippen LogP contribution in [0.15, 0.2) is 29.4 Å². The fourth-order valence-electron chi connectivity index (χ4n) is 1.80. The number of nitrogens with zero attached hydrogens (tertiary/aromatic N) is 4. The number of hydrogen-bond acceptors (Lipinski definition) is 5. The number of methoxy groups -OCH3 is 1. The Labute approximate surface area is 122 Å². The monoisotopic (exact) mass is 288 g/mol. The fourth-order valence-corrected chi connectivity index (χ4v) is 2.60. The summed E-state index contributed by atoms with van der Waals surface area (Å²) in [6.07, 6.45) is 0. The van der Waals surface area contributed by atoms with Crippen LogP contribution in [0.1, 0.15) is 13.8 Å². The first-order chi connectivity index (χ1) is 9.69. The van der Waals surface area contributed by atoms with Crippen molar-refractivity contribution in [2.75, 3.05) is 7.11 Å². The predicted octanol–water partition coefficient (Wildman–Crippen LogP) is 2.98. The summed E-state index contributed by atoms with van der Waals surface area (Å²) in [4.78, 5) is 0. The van der Waals surface area contributed by atoms with E-state index in [4.69, 9.17) is 10.00 Å². The molecule has 0 N–H and O–H groups in total. The van der Waals surface area contributed by atoms with Gasteiger partial charge in [-0.3, -0.25) is 0 Å². The highest BCUT2D eigenvalue weighted by atomic mass is 32.2. The summed E-state index contributed by atoms with van der Waals surface area (Å²) in [5, 5.41) is 18.0. The van der Waals surface area contributed by atoms with Gasteiger partial charge in [-0.2, -0.15) is 5.26 Å². The van der Waals surface area contributed by atoms with Crippen molar-refractivity contribution in [1.29, 1.82) is 5.26 Å². The van der Waals surface area contributed by atoms with Crippen LogP contribution in [-0.4, -0.2) is 27.1 Å². The van der Waals surface area contributed by atoms with E-state index in [2.05, 4.69) is 16.3 Å². The van der Waals surface area contributed by atoms with Gasteiger partial charge in [0.05, 0.1) is 18.4 Å². The molecule has 0 bridgehead atoms. The van der Waals surface area contributed by atoms with Crippen molar-refractivity contribution in [3.8, 4) is 23.2 Å². The van der Waals surface area contributed by atoms with Crippen LogP contribution in [0.4, 0.5) is 0 Å². The molecule has 0 aliphatic rings. The molecule has 0 aliphatic heterocycles. The Morgan fingerprint density at radius 3 is 2.60 bits per heavy atom. The SMILES string of the molecule is CCn1c(SC(C)C#N)nnc1-c1ccc(OC)cc1. The lowest BCUT2D eigenvalue weighted by Crippen LogP contribution is -2.02. The first-order valence-electron chi connectivity index (χ1n) is 6.33. The minimum atomic E-state index is -0.145. The topological polar surface area (TPSA) is 63.7 Å². The summed E-state index contributed by atoms with van der Waals surface area (Å²) in [7, 11) is 1.64. The molecule has 6 heteroatoms. The molecule has 0 spiro atoms. The molecule has 0 saturated carbocycles. The number of thioether (sulfide) groups is 1. The molecule has 20 heavy (non-hydrogen) atoms. The van der Waals surface area contributed by atoms with Crippen molar-refractivity contribution in [3.05, 3.63) is 24.3 Å². The van der Waals surface area contributed by atoms with E-state index in [9.17, 15) is 0 Å². The lowest BCUT2D eigenvalue weighted by molar-refractivity contribution is 0.415. The quantitative estimate of drug-likeness (QED) is 0.791. The molecule has 0 aliphatic carbocycles. The summed E-state index contributed by atoms with van der Waals surface area (Å²) in [6.45, 7) is 4.65. The molecule has 1 aromatic carbocycles. The van der Waals surface area contributed by atoms with Gasteiger partial charge in [0.1, 0.15) is 5.75 Å². The van der Waals surface area contributed by atoms with Crippen LogP contribution in [0.25, 0.3) is 11.4 Å². The summed E-state index contributed by atoms with van der Waals surface area (Å²) < 4.78 is 7.17. The fraction of sp³-hybridized carbons (Fsp3) is 0.357. The van der Waals surface area contributed by atoms with E-state index in [-0.39, 0.29) is 5.25 Å². The molecular formula is C14H16N4OS. The largest absolute Gasteiger partial charge is 0.497 e. The van der Waals surface area contributed by atoms with E-state index in [1.54, 1.807) is 7.11 Å². The van der Waals surface area contributed by atoms with Gasteiger partial charge < -0.3 is 9.30 Å². The molecule has 104 valence electrons. The summed E-state index contributed by atoms with van der Waals surface area (Å²) in [5.74, 6) is 1.62. The van der Waals surface area contributed by atoms with E-state index >= 15 is 0 Å². The number of hydrogen-bond donors (Lipinski definition) is 0. The average Bonchev–Trinajstić information content (AvgIpc) is 2.89. The van der Waals surface area contributed by atoms with Crippen LogP contribution < -0.4 is 4.74 Å². The van der Waals surface area contributed by atoms with Crippen molar-refractivity contribution in [2.45, 2.75) is 30.8 Å². The third-order valence-electron chi connectivity index (χ3n) is 2.85.